The second-order valence-electron chi connectivity index (χ2n) is 6.33. The highest BCUT2D eigenvalue weighted by Gasteiger charge is 2.21. The number of hydrogen-bond donors (Lipinski definition) is 1. The van der Waals surface area contributed by atoms with Gasteiger partial charge < -0.3 is 14.6 Å². The van der Waals surface area contributed by atoms with Gasteiger partial charge in [0.25, 0.3) is 0 Å². The Balaban J connectivity index is 1.66. The van der Waals surface area contributed by atoms with Crippen molar-refractivity contribution in [1.29, 1.82) is 0 Å². The first-order valence-corrected chi connectivity index (χ1v) is 8.45. The number of methoxy groups -OCH3 is 1. The van der Waals surface area contributed by atoms with Crippen LogP contribution in [-0.4, -0.2) is 36.8 Å². The summed E-state index contributed by atoms with van der Waals surface area (Å²) in [5, 5.41) is 9.28. The van der Waals surface area contributed by atoms with Crippen LogP contribution < -0.4 is 9.47 Å². The van der Waals surface area contributed by atoms with Gasteiger partial charge in [-0.1, -0.05) is 36.4 Å². The minimum atomic E-state index is 0.282. The van der Waals surface area contributed by atoms with Gasteiger partial charge in [-0.2, -0.15) is 0 Å². The molecular formula is C20H25NO3. The molecule has 1 fully saturated rings. The zero-order valence-electron chi connectivity index (χ0n) is 14.1. The van der Waals surface area contributed by atoms with E-state index in [4.69, 9.17) is 9.47 Å². The van der Waals surface area contributed by atoms with E-state index in [1.165, 1.54) is 5.56 Å². The fourth-order valence-corrected chi connectivity index (χ4v) is 3.13. The van der Waals surface area contributed by atoms with Crippen molar-refractivity contribution in [3.8, 4) is 11.5 Å². The van der Waals surface area contributed by atoms with Crippen molar-refractivity contribution >= 4 is 0 Å². The van der Waals surface area contributed by atoms with E-state index in [1.54, 1.807) is 7.11 Å². The van der Waals surface area contributed by atoms with Gasteiger partial charge in [-0.3, -0.25) is 4.90 Å². The van der Waals surface area contributed by atoms with E-state index < -0.39 is 0 Å². The molecule has 0 bridgehead atoms. The molecule has 1 aliphatic heterocycles. The average molecular weight is 327 g/mol. The molecule has 0 aliphatic carbocycles. The van der Waals surface area contributed by atoms with Crippen LogP contribution in [0.1, 0.15) is 17.5 Å². The molecule has 0 amide bonds. The number of likely N-dealkylation sites (tertiary alicyclic amines) is 1. The van der Waals surface area contributed by atoms with Gasteiger partial charge in [0.1, 0.15) is 6.61 Å². The van der Waals surface area contributed by atoms with Gasteiger partial charge in [0.05, 0.1) is 7.11 Å². The number of aliphatic hydroxyl groups is 1. The summed E-state index contributed by atoms with van der Waals surface area (Å²) in [7, 11) is 1.66. The second-order valence-corrected chi connectivity index (χ2v) is 6.33. The topological polar surface area (TPSA) is 41.9 Å². The Labute approximate surface area is 143 Å². The summed E-state index contributed by atoms with van der Waals surface area (Å²) in [5.74, 6) is 1.94. The predicted molar refractivity (Wildman–Crippen MR) is 94.2 cm³/mol. The quantitative estimate of drug-likeness (QED) is 0.848. The summed E-state index contributed by atoms with van der Waals surface area (Å²) in [4.78, 5) is 2.38. The first-order chi connectivity index (χ1) is 11.8. The second kappa shape index (κ2) is 8.18. The minimum absolute atomic E-state index is 0.282. The van der Waals surface area contributed by atoms with E-state index in [0.29, 0.717) is 12.5 Å². The van der Waals surface area contributed by atoms with Crippen LogP contribution in [0.2, 0.25) is 0 Å². The molecule has 2 aromatic carbocycles. The maximum atomic E-state index is 9.28. The van der Waals surface area contributed by atoms with Crippen LogP contribution in [0.5, 0.6) is 11.5 Å². The van der Waals surface area contributed by atoms with Gasteiger partial charge in [0, 0.05) is 19.7 Å². The van der Waals surface area contributed by atoms with E-state index in [2.05, 4.69) is 29.2 Å². The molecular weight excluding hydrogens is 302 g/mol. The van der Waals surface area contributed by atoms with Crippen molar-refractivity contribution in [3.05, 3.63) is 59.7 Å². The molecule has 1 atom stereocenters. The van der Waals surface area contributed by atoms with Crippen LogP contribution in [0, 0.1) is 5.92 Å². The number of rotatable bonds is 7. The fourth-order valence-electron chi connectivity index (χ4n) is 3.13. The molecule has 1 unspecified atom stereocenters. The lowest BCUT2D eigenvalue weighted by molar-refractivity contribution is 0.220. The SMILES string of the molecule is COc1ccc(CN2CCC(CO)C2)cc1OCc1ccccc1. The highest BCUT2D eigenvalue weighted by molar-refractivity contribution is 5.43. The highest BCUT2D eigenvalue weighted by Crippen LogP contribution is 2.30. The average Bonchev–Trinajstić information content (AvgIpc) is 3.08. The molecule has 0 spiro atoms. The molecule has 1 saturated heterocycles. The third-order valence-corrected chi connectivity index (χ3v) is 4.50. The molecule has 1 heterocycles. The van der Waals surface area contributed by atoms with Gasteiger partial charge in [-0.15, -0.1) is 0 Å². The molecule has 4 nitrogen and oxygen atoms in total. The Morgan fingerprint density at radius 1 is 1.08 bits per heavy atom. The van der Waals surface area contributed by atoms with Gasteiger partial charge in [0.15, 0.2) is 11.5 Å². The Morgan fingerprint density at radius 2 is 1.92 bits per heavy atom. The maximum Gasteiger partial charge on any atom is 0.161 e. The fraction of sp³-hybridized carbons (Fsp3) is 0.400. The Kier molecular flexibility index (Phi) is 5.72. The van der Waals surface area contributed by atoms with Gasteiger partial charge in [-0.25, -0.2) is 0 Å². The summed E-state index contributed by atoms with van der Waals surface area (Å²) >= 11 is 0. The highest BCUT2D eigenvalue weighted by atomic mass is 16.5. The standard InChI is InChI=1S/C20H25NO3/c1-23-19-8-7-17(12-21-10-9-18(13-21)14-22)11-20(19)24-15-16-5-3-2-4-6-16/h2-8,11,18,22H,9-10,12-15H2,1H3. The molecule has 128 valence electrons. The number of ether oxygens (including phenoxy) is 2. The normalized spacial score (nSPS) is 17.8. The molecule has 2 aromatic rings. The Hall–Kier alpha value is -2.04. The van der Waals surface area contributed by atoms with E-state index in [-0.39, 0.29) is 6.61 Å². The third kappa shape index (κ3) is 4.28. The number of hydrogen-bond acceptors (Lipinski definition) is 4. The first-order valence-electron chi connectivity index (χ1n) is 8.45. The summed E-state index contributed by atoms with van der Waals surface area (Å²) in [6.45, 7) is 3.68. The van der Waals surface area contributed by atoms with Crippen molar-refractivity contribution in [2.45, 2.75) is 19.6 Å². The zero-order chi connectivity index (χ0) is 16.8. The summed E-state index contributed by atoms with van der Waals surface area (Å²) < 4.78 is 11.4. The van der Waals surface area contributed by atoms with Crippen molar-refractivity contribution in [1.82, 2.24) is 4.90 Å². The number of nitrogens with zero attached hydrogens (tertiary/aromatic N) is 1. The van der Waals surface area contributed by atoms with Gasteiger partial charge in [-0.05, 0) is 42.1 Å². The van der Waals surface area contributed by atoms with Crippen molar-refractivity contribution in [2.24, 2.45) is 5.92 Å². The van der Waals surface area contributed by atoms with E-state index in [9.17, 15) is 5.11 Å². The van der Waals surface area contributed by atoms with Crippen LogP contribution in [-0.2, 0) is 13.2 Å². The zero-order valence-corrected chi connectivity index (χ0v) is 14.1. The molecule has 24 heavy (non-hydrogen) atoms. The summed E-state index contributed by atoms with van der Waals surface area (Å²) in [6, 6.07) is 16.2. The molecule has 0 aromatic heterocycles. The van der Waals surface area contributed by atoms with E-state index in [0.717, 1.165) is 43.1 Å². The van der Waals surface area contributed by atoms with Gasteiger partial charge in [0.2, 0.25) is 0 Å². The molecule has 0 saturated carbocycles. The molecule has 0 radical (unpaired) electrons. The predicted octanol–water partition coefficient (Wildman–Crippen LogP) is 3.09. The monoisotopic (exact) mass is 327 g/mol. The molecule has 1 N–H and O–H groups in total. The lowest BCUT2D eigenvalue weighted by Crippen LogP contribution is -2.21. The van der Waals surface area contributed by atoms with Crippen LogP contribution in [0.25, 0.3) is 0 Å². The Bertz CT molecular complexity index is 645. The number of aliphatic hydroxyl groups excluding tert-OH is 1. The number of benzene rings is 2. The minimum Gasteiger partial charge on any atom is -0.493 e. The summed E-state index contributed by atoms with van der Waals surface area (Å²) in [6.07, 6.45) is 1.07. The third-order valence-electron chi connectivity index (χ3n) is 4.50. The van der Waals surface area contributed by atoms with Crippen LogP contribution in [0.4, 0.5) is 0 Å². The molecule has 4 heteroatoms. The smallest absolute Gasteiger partial charge is 0.161 e. The largest absolute Gasteiger partial charge is 0.493 e. The maximum absolute atomic E-state index is 9.28. The van der Waals surface area contributed by atoms with E-state index >= 15 is 0 Å². The van der Waals surface area contributed by atoms with E-state index in [1.807, 2.05) is 24.3 Å². The molecule has 1 aliphatic rings. The van der Waals surface area contributed by atoms with Crippen molar-refractivity contribution in [2.75, 3.05) is 26.8 Å². The van der Waals surface area contributed by atoms with Crippen LogP contribution in [0.15, 0.2) is 48.5 Å². The Morgan fingerprint density at radius 3 is 2.62 bits per heavy atom. The lowest BCUT2D eigenvalue weighted by Gasteiger charge is -2.17. The first kappa shape index (κ1) is 16.8. The van der Waals surface area contributed by atoms with Crippen molar-refractivity contribution < 1.29 is 14.6 Å². The summed E-state index contributed by atoms with van der Waals surface area (Å²) in [5.41, 5.74) is 2.34. The molecule has 3 rings (SSSR count). The van der Waals surface area contributed by atoms with Crippen molar-refractivity contribution in [3.63, 3.8) is 0 Å². The van der Waals surface area contributed by atoms with Crippen LogP contribution >= 0.6 is 0 Å². The van der Waals surface area contributed by atoms with Gasteiger partial charge >= 0.3 is 0 Å². The lowest BCUT2D eigenvalue weighted by atomic mass is 10.1. The van der Waals surface area contributed by atoms with Crippen LogP contribution in [0.3, 0.4) is 0 Å².